The lowest BCUT2D eigenvalue weighted by Crippen LogP contribution is -2.21. The van der Waals surface area contributed by atoms with E-state index in [4.69, 9.17) is 4.74 Å². The van der Waals surface area contributed by atoms with Gasteiger partial charge in [-0.25, -0.2) is 0 Å². The Labute approximate surface area is 127 Å². The molecule has 0 aliphatic heterocycles. The molecule has 3 nitrogen and oxygen atoms in total. The van der Waals surface area contributed by atoms with E-state index in [1.54, 1.807) is 7.11 Å². The molecule has 0 radical (unpaired) electrons. The van der Waals surface area contributed by atoms with Crippen molar-refractivity contribution in [1.82, 2.24) is 10.3 Å². The Morgan fingerprint density at radius 1 is 1.00 bits per heavy atom. The van der Waals surface area contributed by atoms with Crippen LogP contribution in [0.15, 0.2) is 24.4 Å². The number of aromatic nitrogens is 1. The molecule has 1 N–H and O–H groups in total. The van der Waals surface area contributed by atoms with E-state index in [-0.39, 0.29) is 6.04 Å². The van der Waals surface area contributed by atoms with Crippen molar-refractivity contribution in [3.63, 3.8) is 0 Å². The summed E-state index contributed by atoms with van der Waals surface area (Å²) >= 11 is 0. The third-order valence-electron chi connectivity index (χ3n) is 3.91. The highest BCUT2D eigenvalue weighted by Gasteiger charge is 2.19. The third-order valence-corrected chi connectivity index (χ3v) is 3.91. The van der Waals surface area contributed by atoms with Crippen molar-refractivity contribution in [3.05, 3.63) is 57.9 Å². The highest BCUT2D eigenvalue weighted by atomic mass is 16.5. The highest BCUT2D eigenvalue weighted by Crippen LogP contribution is 2.30. The number of methoxy groups -OCH3 is 1. The minimum absolute atomic E-state index is 0.0928. The summed E-state index contributed by atoms with van der Waals surface area (Å²) in [5, 5.41) is 3.40. The van der Waals surface area contributed by atoms with Gasteiger partial charge in [0.05, 0.1) is 18.8 Å². The van der Waals surface area contributed by atoms with Crippen LogP contribution in [0.25, 0.3) is 0 Å². The Hall–Kier alpha value is -1.87. The van der Waals surface area contributed by atoms with Crippen molar-refractivity contribution >= 4 is 0 Å². The lowest BCUT2D eigenvalue weighted by atomic mass is 9.94. The van der Waals surface area contributed by atoms with E-state index < -0.39 is 0 Å². The molecule has 1 aromatic carbocycles. The Balaban J connectivity index is 2.53. The van der Waals surface area contributed by atoms with E-state index in [0.29, 0.717) is 0 Å². The van der Waals surface area contributed by atoms with Gasteiger partial charge in [0, 0.05) is 6.20 Å². The van der Waals surface area contributed by atoms with Crippen LogP contribution < -0.4 is 10.1 Å². The van der Waals surface area contributed by atoms with Crippen LogP contribution in [-0.2, 0) is 0 Å². The minimum Gasteiger partial charge on any atom is -0.496 e. The van der Waals surface area contributed by atoms with Gasteiger partial charge in [0.2, 0.25) is 0 Å². The third kappa shape index (κ3) is 3.08. The molecule has 1 heterocycles. The fourth-order valence-corrected chi connectivity index (χ4v) is 2.81. The first kappa shape index (κ1) is 15.5. The number of ether oxygens (including phenoxy) is 1. The summed E-state index contributed by atoms with van der Waals surface area (Å²) in [6.45, 7) is 8.38. The Kier molecular flexibility index (Phi) is 4.63. The van der Waals surface area contributed by atoms with Crippen LogP contribution in [-0.4, -0.2) is 19.1 Å². The van der Waals surface area contributed by atoms with Crippen molar-refractivity contribution in [2.75, 3.05) is 14.2 Å². The summed E-state index contributed by atoms with van der Waals surface area (Å²) in [6, 6.07) is 6.56. The van der Waals surface area contributed by atoms with E-state index in [2.05, 4.69) is 56.2 Å². The van der Waals surface area contributed by atoms with Crippen LogP contribution in [0.2, 0.25) is 0 Å². The summed E-state index contributed by atoms with van der Waals surface area (Å²) in [5.74, 6) is 0.930. The number of rotatable bonds is 4. The molecule has 0 saturated carbocycles. The summed E-state index contributed by atoms with van der Waals surface area (Å²) < 4.78 is 5.40. The average molecular weight is 284 g/mol. The van der Waals surface area contributed by atoms with Gasteiger partial charge in [0.15, 0.2) is 0 Å². The fourth-order valence-electron chi connectivity index (χ4n) is 2.81. The molecule has 2 rings (SSSR count). The van der Waals surface area contributed by atoms with Gasteiger partial charge in [-0.05, 0) is 68.6 Å². The van der Waals surface area contributed by atoms with Crippen LogP contribution >= 0.6 is 0 Å². The predicted molar refractivity (Wildman–Crippen MR) is 87.1 cm³/mol. The number of hydrogen-bond acceptors (Lipinski definition) is 3. The first-order valence-corrected chi connectivity index (χ1v) is 7.23. The monoisotopic (exact) mass is 284 g/mol. The maximum absolute atomic E-state index is 5.40. The zero-order chi connectivity index (χ0) is 15.6. The van der Waals surface area contributed by atoms with Gasteiger partial charge in [-0.3, -0.25) is 4.98 Å². The van der Waals surface area contributed by atoms with Gasteiger partial charge in [0.25, 0.3) is 0 Å². The maximum Gasteiger partial charge on any atom is 0.122 e. The highest BCUT2D eigenvalue weighted by molar-refractivity contribution is 5.46. The molecule has 1 atom stereocenters. The number of nitrogens with zero attached hydrogens (tertiary/aromatic N) is 1. The van der Waals surface area contributed by atoms with Gasteiger partial charge in [0.1, 0.15) is 5.75 Å². The molecule has 112 valence electrons. The normalized spacial score (nSPS) is 12.3. The SMILES string of the molecule is CNC(c1cc(C)c(OC)cc1C)c1ncc(C)cc1C. The smallest absolute Gasteiger partial charge is 0.122 e. The van der Waals surface area contributed by atoms with Gasteiger partial charge in [-0.2, -0.15) is 0 Å². The molecule has 0 bridgehead atoms. The van der Waals surface area contributed by atoms with Crippen LogP contribution in [0.4, 0.5) is 0 Å². The van der Waals surface area contributed by atoms with Crippen molar-refractivity contribution in [2.45, 2.75) is 33.7 Å². The van der Waals surface area contributed by atoms with Gasteiger partial charge in [-0.1, -0.05) is 12.1 Å². The van der Waals surface area contributed by atoms with Crippen molar-refractivity contribution in [3.8, 4) is 5.75 Å². The van der Waals surface area contributed by atoms with Crippen LogP contribution in [0.1, 0.15) is 39.6 Å². The van der Waals surface area contributed by atoms with Crippen molar-refractivity contribution in [1.29, 1.82) is 0 Å². The zero-order valence-electron chi connectivity index (χ0n) is 13.7. The van der Waals surface area contributed by atoms with Gasteiger partial charge in [-0.15, -0.1) is 0 Å². The second-order valence-corrected chi connectivity index (χ2v) is 5.61. The standard InChI is InChI=1S/C18H24N2O/c1-11-7-14(4)17(20-10-11)18(19-5)15-8-13(3)16(21-6)9-12(15)2/h7-10,18-19H,1-6H3. The predicted octanol–water partition coefficient (Wildman–Crippen LogP) is 3.63. The topological polar surface area (TPSA) is 34.1 Å². The van der Waals surface area contributed by atoms with E-state index in [9.17, 15) is 0 Å². The largest absolute Gasteiger partial charge is 0.496 e. The summed E-state index contributed by atoms with van der Waals surface area (Å²) in [5.41, 5.74) is 7.07. The number of nitrogens with one attached hydrogen (secondary N) is 1. The van der Waals surface area contributed by atoms with Crippen molar-refractivity contribution < 1.29 is 4.74 Å². The number of benzene rings is 1. The summed E-state index contributed by atoms with van der Waals surface area (Å²) in [7, 11) is 3.69. The molecule has 1 aromatic heterocycles. The molecule has 0 aliphatic rings. The van der Waals surface area contributed by atoms with E-state index in [0.717, 1.165) is 17.0 Å². The van der Waals surface area contributed by atoms with Crippen LogP contribution in [0, 0.1) is 27.7 Å². The number of pyridine rings is 1. The van der Waals surface area contributed by atoms with Crippen LogP contribution in [0.5, 0.6) is 5.75 Å². The van der Waals surface area contributed by atoms with E-state index in [1.165, 1.54) is 22.3 Å². The maximum atomic E-state index is 5.40. The van der Waals surface area contributed by atoms with E-state index >= 15 is 0 Å². The molecule has 0 spiro atoms. The Bertz CT molecular complexity index is 650. The molecular formula is C18H24N2O. The molecule has 21 heavy (non-hydrogen) atoms. The molecule has 3 heteroatoms. The molecule has 1 unspecified atom stereocenters. The number of hydrogen-bond donors (Lipinski definition) is 1. The number of aryl methyl sites for hydroxylation is 4. The Morgan fingerprint density at radius 3 is 2.29 bits per heavy atom. The second-order valence-electron chi connectivity index (χ2n) is 5.61. The molecule has 0 aliphatic carbocycles. The van der Waals surface area contributed by atoms with Gasteiger partial charge >= 0.3 is 0 Å². The molecular weight excluding hydrogens is 260 g/mol. The lowest BCUT2D eigenvalue weighted by Gasteiger charge is -2.22. The minimum atomic E-state index is 0.0928. The lowest BCUT2D eigenvalue weighted by molar-refractivity contribution is 0.411. The van der Waals surface area contributed by atoms with Crippen molar-refractivity contribution in [2.24, 2.45) is 0 Å². The molecule has 0 fully saturated rings. The molecule has 2 aromatic rings. The fraction of sp³-hybridized carbons (Fsp3) is 0.389. The summed E-state index contributed by atoms with van der Waals surface area (Å²) in [6.07, 6.45) is 1.93. The second kappa shape index (κ2) is 6.27. The molecule has 0 amide bonds. The summed E-state index contributed by atoms with van der Waals surface area (Å²) in [4.78, 5) is 4.64. The van der Waals surface area contributed by atoms with Crippen LogP contribution in [0.3, 0.4) is 0 Å². The van der Waals surface area contributed by atoms with E-state index in [1.807, 2.05) is 13.2 Å². The van der Waals surface area contributed by atoms with Gasteiger partial charge < -0.3 is 10.1 Å². The molecule has 0 saturated heterocycles. The quantitative estimate of drug-likeness (QED) is 0.931. The first-order valence-electron chi connectivity index (χ1n) is 7.23. The average Bonchev–Trinajstić information content (AvgIpc) is 2.45. The first-order chi connectivity index (χ1) is 9.97. The zero-order valence-corrected chi connectivity index (χ0v) is 13.7. The Morgan fingerprint density at radius 2 is 1.71 bits per heavy atom.